The first-order chi connectivity index (χ1) is 32.3. The summed E-state index contributed by atoms with van der Waals surface area (Å²) in [5.74, 6) is 0. The molecule has 1 heterocycles. The van der Waals surface area contributed by atoms with Crippen LogP contribution in [0.1, 0.15) is 0 Å². The van der Waals surface area contributed by atoms with Crippen LogP contribution < -0.4 is 9.80 Å². The summed E-state index contributed by atoms with van der Waals surface area (Å²) in [7, 11) is 0. The Morgan fingerprint density at radius 3 is 1.32 bits per heavy atom. The van der Waals surface area contributed by atoms with Gasteiger partial charge in [0.05, 0.1) is 17.1 Å². The van der Waals surface area contributed by atoms with Crippen molar-refractivity contribution in [2.75, 3.05) is 9.80 Å². The van der Waals surface area contributed by atoms with Crippen LogP contribution >= 0.6 is 0 Å². The molecule has 0 unspecified atom stereocenters. The quantitative estimate of drug-likeness (QED) is 0.149. The third-order valence-corrected chi connectivity index (χ3v) is 13.2. The number of rotatable bonds is 7. The molecule has 0 aliphatic carbocycles. The maximum atomic E-state index is 6.83. The molecule has 65 heavy (non-hydrogen) atoms. The molecular formula is C62H40N2O. The summed E-state index contributed by atoms with van der Waals surface area (Å²) in [6.07, 6.45) is 0. The fourth-order valence-corrected chi connectivity index (χ4v) is 10.4. The first-order valence-electron chi connectivity index (χ1n) is 22.3. The molecule has 0 saturated carbocycles. The van der Waals surface area contributed by atoms with Gasteiger partial charge in [0.1, 0.15) is 11.2 Å². The number of furan rings is 1. The van der Waals surface area contributed by atoms with Crippen LogP contribution in [-0.4, -0.2) is 0 Å². The van der Waals surface area contributed by atoms with Crippen LogP contribution in [0.2, 0.25) is 0 Å². The van der Waals surface area contributed by atoms with Gasteiger partial charge in [-0.05, 0) is 92.0 Å². The first kappa shape index (κ1) is 36.9. The Morgan fingerprint density at radius 1 is 0.277 bits per heavy atom. The molecule has 0 aliphatic rings. The van der Waals surface area contributed by atoms with Crippen LogP contribution in [0.4, 0.5) is 34.1 Å². The summed E-state index contributed by atoms with van der Waals surface area (Å²) in [6, 6.07) is 87.6. The number of nitrogens with zero attached hydrogens (tertiary/aromatic N) is 2. The predicted octanol–water partition coefficient (Wildman–Crippen LogP) is 18.0. The lowest BCUT2D eigenvalue weighted by Gasteiger charge is -2.30. The zero-order valence-electron chi connectivity index (χ0n) is 35.4. The number of hydrogen-bond donors (Lipinski definition) is 0. The van der Waals surface area contributed by atoms with Gasteiger partial charge in [0, 0.05) is 55.4 Å². The van der Waals surface area contributed by atoms with Crippen molar-refractivity contribution in [2.24, 2.45) is 0 Å². The van der Waals surface area contributed by atoms with Gasteiger partial charge in [-0.2, -0.15) is 0 Å². The molecular weight excluding hydrogens is 789 g/mol. The molecule has 0 atom stereocenters. The minimum absolute atomic E-state index is 0.866. The molecule has 0 bridgehead atoms. The lowest BCUT2D eigenvalue weighted by Crippen LogP contribution is -2.12. The van der Waals surface area contributed by atoms with Crippen molar-refractivity contribution in [1.29, 1.82) is 0 Å². The second-order valence-electron chi connectivity index (χ2n) is 16.7. The van der Waals surface area contributed by atoms with E-state index in [0.29, 0.717) is 0 Å². The van der Waals surface area contributed by atoms with Crippen LogP contribution in [0.15, 0.2) is 247 Å². The Morgan fingerprint density at radius 2 is 0.723 bits per heavy atom. The van der Waals surface area contributed by atoms with E-state index < -0.39 is 0 Å². The van der Waals surface area contributed by atoms with Crippen molar-refractivity contribution >= 4 is 110 Å². The number of benzene rings is 12. The van der Waals surface area contributed by atoms with Crippen LogP contribution in [0, 0.1) is 0 Å². The molecule has 12 aromatic carbocycles. The van der Waals surface area contributed by atoms with Gasteiger partial charge >= 0.3 is 0 Å². The molecule has 0 spiro atoms. The first-order valence-corrected chi connectivity index (χ1v) is 22.3. The number of fused-ring (bicyclic) bond motifs is 10. The average molecular weight is 829 g/mol. The molecule has 13 aromatic rings. The van der Waals surface area contributed by atoms with Gasteiger partial charge in [-0.25, -0.2) is 0 Å². The SMILES string of the molecule is c1ccc(N(c2ccccc2)c2c3ccccc3c(-c3ccc(N(c4ccccc4)c4cc5oc6ccc7ccccc7c6c5c5ccccc45)c4ccccc34)c3ccccc23)cc1. The summed E-state index contributed by atoms with van der Waals surface area (Å²) >= 11 is 0. The van der Waals surface area contributed by atoms with Gasteiger partial charge in [0.15, 0.2) is 0 Å². The van der Waals surface area contributed by atoms with Gasteiger partial charge < -0.3 is 14.2 Å². The molecule has 3 nitrogen and oxygen atoms in total. The fourth-order valence-electron chi connectivity index (χ4n) is 10.4. The monoisotopic (exact) mass is 828 g/mol. The summed E-state index contributed by atoms with van der Waals surface area (Å²) in [6.45, 7) is 0. The maximum Gasteiger partial charge on any atom is 0.138 e. The van der Waals surface area contributed by atoms with Crippen molar-refractivity contribution in [3.63, 3.8) is 0 Å². The third kappa shape index (κ3) is 5.83. The third-order valence-electron chi connectivity index (χ3n) is 13.2. The number of hydrogen-bond acceptors (Lipinski definition) is 3. The van der Waals surface area contributed by atoms with Crippen molar-refractivity contribution in [2.45, 2.75) is 0 Å². The van der Waals surface area contributed by atoms with Crippen molar-refractivity contribution in [3.05, 3.63) is 243 Å². The molecule has 1 aromatic heterocycles. The van der Waals surface area contributed by atoms with Crippen molar-refractivity contribution in [1.82, 2.24) is 0 Å². The van der Waals surface area contributed by atoms with E-state index >= 15 is 0 Å². The zero-order valence-corrected chi connectivity index (χ0v) is 35.4. The highest BCUT2D eigenvalue weighted by molar-refractivity contribution is 6.29. The Labute approximate surface area is 376 Å². The predicted molar refractivity (Wildman–Crippen MR) is 276 cm³/mol. The Kier molecular flexibility index (Phi) is 8.53. The van der Waals surface area contributed by atoms with Crippen molar-refractivity contribution in [3.8, 4) is 11.1 Å². The van der Waals surface area contributed by atoms with Gasteiger partial charge in [-0.1, -0.05) is 188 Å². The minimum Gasteiger partial charge on any atom is -0.456 e. The van der Waals surface area contributed by atoms with E-state index in [0.717, 1.165) is 72.2 Å². The lowest BCUT2D eigenvalue weighted by molar-refractivity contribution is 0.669. The second kappa shape index (κ2) is 15.0. The molecule has 0 fully saturated rings. The summed E-state index contributed by atoms with van der Waals surface area (Å²) in [5.41, 5.74) is 10.8. The van der Waals surface area contributed by atoms with E-state index in [4.69, 9.17) is 4.42 Å². The molecule has 304 valence electrons. The zero-order chi connectivity index (χ0) is 42.8. The van der Waals surface area contributed by atoms with Gasteiger partial charge in [-0.15, -0.1) is 0 Å². The molecule has 13 rings (SSSR count). The molecule has 0 aliphatic heterocycles. The molecule has 0 radical (unpaired) electrons. The minimum atomic E-state index is 0.866. The lowest BCUT2D eigenvalue weighted by atomic mass is 9.87. The van der Waals surface area contributed by atoms with Crippen LogP contribution in [0.5, 0.6) is 0 Å². The van der Waals surface area contributed by atoms with Crippen LogP contribution in [0.25, 0.3) is 86.9 Å². The highest BCUT2D eigenvalue weighted by atomic mass is 16.3. The Bertz CT molecular complexity index is 3860. The highest BCUT2D eigenvalue weighted by Crippen LogP contribution is 2.52. The Balaban J connectivity index is 1.08. The van der Waals surface area contributed by atoms with Gasteiger partial charge in [0.25, 0.3) is 0 Å². The standard InChI is InChI=1S/C62H40N2O/c1-4-21-42(22-5-1)63(43-23-6-2-7-24-43)62-53-34-18-16-32-50(53)59(51-33-17-19-35-54(51)62)52-37-38-55(47-29-13-12-28-46(47)52)64(44-25-8-3-9-26-44)56-40-58-61(49-31-15-14-30-48(49)56)60-45-27-11-10-20-41(45)36-39-57(60)65-58/h1-40H. The van der Waals surface area contributed by atoms with Gasteiger partial charge in [-0.3, -0.25) is 0 Å². The van der Waals surface area contributed by atoms with Crippen LogP contribution in [-0.2, 0) is 0 Å². The van der Waals surface area contributed by atoms with E-state index in [1.165, 1.54) is 48.8 Å². The fraction of sp³-hybridized carbons (Fsp3) is 0. The van der Waals surface area contributed by atoms with E-state index in [1.54, 1.807) is 0 Å². The van der Waals surface area contributed by atoms with E-state index in [9.17, 15) is 0 Å². The smallest absolute Gasteiger partial charge is 0.138 e. The van der Waals surface area contributed by atoms with Crippen LogP contribution in [0.3, 0.4) is 0 Å². The summed E-state index contributed by atoms with van der Waals surface area (Å²) < 4.78 is 6.83. The summed E-state index contributed by atoms with van der Waals surface area (Å²) in [5, 5.41) is 14.1. The molecule has 3 heteroatoms. The summed E-state index contributed by atoms with van der Waals surface area (Å²) in [4.78, 5) is 4.84. The average Bonchev–Trinajstić information content (AvgIpc) is 3.77. The molecule has 0 N–H and O–H groups in total. The maximum absolute atomic E-state index is 6.83. The second-order valence-corrected chi connectivity index (χ2v) is 16.7. The molecule has 0 amide bonds. The largest absolute Gasteiger partial charge is 0.456 e. The van der Waals surface area contributed by atoms with E-state index in [-0.39, 0.29) is 0 Å². The normalized spacial score (nSPS) is 11.7. The highest BCUT2D eigenvalue weighted by Gasteiger charge is 2.26. The Hall–Kier alpha value is -8.66. The van der Waals surface area contributed by atoms with E-state index in [1.807, 2.05) is 0 Å². The van der Waals surface area contributed by atoms with Crippen molar-refractivity contribution < 1.29 is 4.42 Å². The van der Waals surface area contributed by atoms with Gasteiger partial charge in [0.2, 0.25) is 0 Å². The number of para-hydroxylation sites is 3. The topological polar surface area (TPSA) is 19.6 Å². The molecule has 0 saturated heterocycles. The number of anilines is 6. The van der Waals surface area contributed by atoms with E-state index in [2.05, 4.69) is 252 Å².